The van der Waals surface area contributed by atoms with Crippen LogP contribution in [0.1, 0.15) is 35.2 Å². The van der Waals surface area contributed by atoms with Gasteiger partial charge in [-0.25, -0.2) is 4.79 Å². The molecule has 2 atom stereocenters. The summed E-state index contributed by atoms with van der Waals surface area (Å²) in [5.74, 6) is -1.46. The van der Waals surface area contributed by atoms with Gasteiger partial charge >= 0.3 is 5.97 Å². The zero-order valence-electron chi connectivity index (χ0n) is 16.0. The molecule has 0 radical (unpaired) electrons. The third-order valence-electron chi connectivity index (χ3n) is 4.89. The van der Waals surface area contributed by atoms with Crippen LogP contribution in [-0.2, 0) is 4.79 Å². The second-order valence-corrected chi connectivity index (χ2v) is 7.38. The maximum atomic E-state index is 12.6. The Morgan fingerprint density at radius 3 is 2.17 bits per heavy atom. The van der Waals surface area contributed by atoms with Gasteiger partial charge in [-0.2, -0.15) is 0 Å². The minimum Gasteiger partial charge on any atom is -0.480 e. The Morgan fingerprint density at radius 1 is 0.931 bits per heavy atom. The number of carbonyl (C=O) groups is 2. The molecule has 0 aliphatic carbocycles. The topological polar surface area (TPSA) is 66.4 Å². The first kappa shape index (κ1) is 20.6. The lowest BCUT2D eigenvalue weighted by Crippen LogP contribution is -2.41. The van der Waals surface area contributed by atoms with Crippen molar-refractivity contribution in [2.75, 3.05) is 0 Å². The fraction of sp³-hybridized carbons (Fsp3) is 0.167. The summed E-state index contributed by atoms with van der Waals surface area (Å²) in [4.78, 5) is 24.3. The van der Waals surface area contributed by atoms with Crippen LogP contribution in [0.3, 0.4) is 0 Å². The van der Waals surface area contributed by atoms with E-state index in [1.54, 1.807) is 24.3 Å². The molecule has 0 unspecified atom stereocenters. The fourth-order valence-corrected chi connectivity index (χ4v) is 3.48. The average molecular weight is 408 g/mol. The van der Waals surface area contributed by atoms with Crippen molar-refractivity contribution in [2.24, 2.45) is 0 Å². The van der Waals surface area contributed by atoms with E-state index in [2.05, 4.69) is 5.32 Å². The quantitative estimate of drug-likeness (QED) is 0.552. The molecule has 1 amide bonds. The van der Waals surface area contributed by atoms with E-state index in [4.69, 9.17) is 11.6 Å². The van der Waals surface area contributed by atoms with Crippen LogP contribution < -0.4 is 5.32 Å². The van der Waals surface area contributed by atoms with Crippen molar-refractivity contribution in [1.29, 1.82) is 0 Å². The van der Waals surface area contributed by atoms with Crippen LogP contribution in [0.4, 0.5) is 0 Å². The molecule has 0 aliphatic heterocycles. The molecule has 0 saturated carbocycles. The summed E-state index contributed by atoms with van der Waals surface area (Å²) in [6.07, 6.45) is 0.308. The monoisotopic (exact) mass is 407 g/mol. The van der Waals surface area contributed by atoms with Gasteiger partial charge in [-0.3, -0.25) is 4.79 Å². The highest BCUT2D eigenvalue weighted by molar-refractivity contribution is 6.33. The molecule has 3 rings (SSSR count). The van der Waals surface area contributed by atoms with Gasteiger partial charge in [0.15, 0.2) is 0 Å². The first-order valence-electron chi connectivity index (χ1n) is 9.39. The first-order valence-corrected chi connectivity index (χ1v) is 9.77. The Hall–Kier alpha value is -3.11. The molecule has 0 spiro atoms. The number of carbonyl (C=O) groups excluding carboxylic acids is 1. The van der Waals surface area contributed by atoms with Crippen molar-refractivity contribution >= 4 is 23.5 Å². The summed E-state index contributed by atoms with van der Waals surface area (Å²) in [7, 11) is 0. The Morgan fingerprint density at radius 2 is 1.55 bits per heavy atom. The molecule has 29 heavy (non-hydrogen) atoms. The molecule has 0 aromatic heterocycles. The smallest absolute Gasteiger partial charge is 0.326 e. The molecule has 4 nitrogen and oxygen atoms in total. The predicted octanol–water partition coefficient (Wildman–Crippen LogP) is 5.38. The first-order chi connectivity index (χ1) is 14.0. The number of carboxylic acid groups (broad SMARTS) is 1. The number of rotatable bonds is 7. The van der Waals surface area contributed by atoms with Crippen molar-refractivity contribution in [1.82, 2.24) is 5.32 Å². The fourth-order valence-electron chi connectivity index (χ4n) is 3.23. The minimum atomic E-state index is -1.05. The normalized spacial score (nSPS) is 12.8. The van der Waals surface area contributed by atoms with Gasteiger partial charge in [0.2, 0.25) is 0 Å². The Labute approximate surface area is 175 Å². The molecule has 2 N–H and O–H groups in total. The summed E-state index contributed by atoms with van der Waals surface area (Å²) in [6, 6.07) is 23.1. The van der Waals surface area contributed by atoms with Crippen LogP contribution in [0.25, 0.3) is 11.1 Å². The Kier molecular flexibility index (Phi) is 6.68. The van der Waals surface area contributed by atoms with Gasteiger partial charge in [0.05, 0.1) is 0 Å². The largest absolute Gasteiger partial charge is 0.480 e. The molecule has 0 fully saturated rings. The van der Waals surface area contributed by atoms with E-state index >= 15 is 0 Å². The van der Waals surface area contributed by atoms with Crippen LogP contribution in [0, 0.1) is 0 Å². The highest BCUT2D eigenvalue weighted by Crippen LogP contribution is 2.27. The van der Waals surface area contributed by atoms with E-state index in [1.165, 1.54) is 0 Å². The second kappa shape index (κ2) is 9.39. The summed E-state index contributed by atoms with van der Waals surface area (Å²) in [5.41, 5.74) is 3.21. The predicted molar refractivity (Wildman–Crippen MR) is 115 cm³/mol. The van der Waals surface area contributed by atoms with Crippen LogP contribution in [0.2, 0.25) is 5.02 Å². The molecule has 5 heteroatoms. The Bertz CT molecular complexity index is 987. The van der Waals surface area contributed by atoms with Crippen molar-refractivity contribution in [3.63, 3.8) is 0 Å². The number of benzene rings is 3. The highest BCUT2D eigenvalue weighted by atomic mass is 35.5. The van der Waals surface area contributed by atoms with Gasteiger partial charge in [0, 0.05) is 16.1 Å². The summed E-state index contributed by atoms with van der Waals surface area (Å²) in [6.45, 7) is 1.95. The molecule has 0 aliphatic rings. The summed E-state index contributed by atoms with van der Waals surface area (Å²) >= 11 is 6.22. The van der Waals surface area contributed by atoms with E-state index in [0.29, 0.717) is 17.0 Å². The van der Waals surface area contributed by atoms with Gasteiger partial charge in [0.1, 0.15) is 6.04 Å². The number of halogens is 1. The zero-order valence-corrected chi connectivity index (χ0v) is 16.8. The molecule has 3 aromatic carbocycles. The number of hydrogen-bond donors (Lipinski definition) is 2. The van der Waals surface area contributed by atoms with Crippen LogP contribution in [-0.4, -0.2) is 23.0 Å². The van der Waals surface area contributed by atoms with Crippen molar-refractivity contribution in [2.45, 2.75) is 25.3 Å². The molecule has 0 heterocycles. The third-order valence-corrected chi connectivity index (χ3v) is 5.22. The van der Waals surface area contributed by atoms with E-state index in [-0.39, 0.29) is 5.92 Å². The minimum absolute atomic E-state index is 0.000184. The van der Waals surface area contributed by atoms with Crippen LogP contribution in [0.15, 0.2) is 78.9 Å². The van der Waals surface area contributed by atoms with Gasteiger partial charge in [-0.15, -0.1) is 0 Å². The van der Waals surface area contributed by atoms with E-state index in [9.17, 15) is 14.7 Å². The number of carboxylic acids is 1. The van der Waals surface area contributed by atoms with Gasteiger partial charge in [0.25, 0.3) is 5.91 Å². The van der Waals surface area contributed by atoms with Crippen molar-refractivity contribution in [3.05, 3.63) is 95.0 Å². The number of nitrogens with one attached hydrogen (secondary N) is 1. The van der Waals surface area contributed by atoms with E-state index in [0.717, 1.165) is 16.7 Å². The third kappa shape index (κ3) is 5.24. The summed E-state index contributed by atoms with van der Waals surface area (Å²) in [5, 5.41) is 12.8. The number of amides is 1. The van der Waals surface area contributed by atoms with Gasteiger partial charge in [-0.05, 0) is 41.7 Å². The highest BCUT2D eigenvalue weighted by Gasteiger charge is 2.23. The molecule has 0 saturated heterocycles. The van der Waals surface area contributed by atoms with Gasteiger partial charge < -0.3 is 10.4 Å². The number of hydrogen-bond acceptors (Lipinski definition) is 2. The second-order valence-electron chi connectivity index (χ2n) is 6.97. The zero-order chi connectivity index (χ0) is 20.8. The average Bonchev–Trinajstić information content (AvgIpc) is 2.74. The van der Waals surface area contributed by atoms with Crippen molar-refractivity contribution in [3.8, 4) is 11.1 Å². The lowest BCUT2D eigenvalue weighted by Gasteiger charge is -2.19. The molecular weight excluding hydrogens is 386 g/mol. The SMILES string of the molecule is C[C@@H](C[C@H](NC(=O)c1ccc(-c2ccccc2Cl)cc1)C(=O)O)c1ccccc1. The summed E-state index contributed by atoms with van der Waals surface area (Å²) < 4.78 is 0. The Balaban J connectivity index is 1.70. The maximum absolute atomic E-state index is 12.6. The van der Waals surface area contributed by atoms with Gasteiger partial charge in [-0.1, -0.05) is 79.2 Å². The standard InChI is InChI=1S/C24H22ClNO3/c1-16(17-7-3-2-4-8-17)15-22(24(28)29)26-23(27)19-13-11-18(12-14-19)20-9-5-6-10-21(20)25/h2-14,16,22H,15H2,1H3,(H,26,27)(H,28,29)/t16-,22-/m0/s1. The lowest BCUT2D eigenvalue weighted by atomic mass is 9.93. The number of aliphatic carboxylic acids is 1. The van der Waals surface area contributed by atoms with Crippen LogP contribution in [0.5, 0.6) is 0 Å². The molecule has 0 bridgehead atoms. The van der Waals surface area contributed by atoms with Crippen LogP contribution >= 0.6 is 11.6 Å². The van der Waals surface area contributed by atoms with E-state index in [1.807, 2.05) is 61.5 Å². The lowest BCUT2D eigenvalue weighted by molar-refractivity contribution is -0.139. The van der Waals surface area contributed by atoms with E-state index < -0.39 is 17.9 Å². The molecular formula is C24H22ClNO3. The molecule has 3 aromatic rings. The van der Waals surface area contributed by atoms with Crippen molar-refractivity contribution < 1.29 is 14.7 Å². The molecule has 148 valence electrons. The maximum Gasteiger partial charge on any atom is 0.326 e.